The van der Waals surface area contributed by atoms with Crippen molar-refractivity contribution in [3.63, 3.8) is 0 Å². The fraction of sp³-hybridized carbons (Fsp3) is 0.419. The van der Waals surface area contributed by atoms with E-state index >= 15 is 0 Å². The molecule has 212 valence electrons. The molecule has 0 bridgehead atoms. The van der Waals surface area contributed by atoms with Gasteiger partial charge in [0.2, 0.25) is 5.78 Å². The maximum Gasteiger partial charge on any atom is 0.405 e. The predicted octanol–water partition coefficient (Wildman–Crippen LogP) is 6.17. The second-order valence-corrected chi connectivity index (χ2v) is 11.7. The molecule has 3 aromatic rings. The van der Waals surface area contributed by atoms with Crippen molar-refractivity contribution < 1.29 is 19.5 Å². The molecule has 8 nitrogen and oxygen atoms in total. The first-order valence-corrected chi connectivity index (χ1v) is 14.9. The standard InChI is InChI=1S/C31H38N4O4S/c1-3-4-18-31(34-29(38)39,26(36)27(37)33-23(2)24-12-7-5-8-13-24)21-30(16-11-17-30)22-40-28-32-19-20-35(28)25-14-9-6-10-15-25/h5-10,12-15,19-20,23,34H,3-4,11,16-18,21-22H2,1-2H3,(H,33,37)(H,38,39)/t23-,31?/m1/s1. The average molecular weight is 563 g/mol. The summed E-state index contributed by atoms with van der Waals surface area (Å²) in [7, 11) is 0. The molecule has 1 saturated carbocycles. The van der Waals surface area contributed by atoms with E-state index in [-0.39, 0.29) is 18.3 Å². The van der Waals surface area contributed by atoms with E-state index in [0.29, 0.717) is 12.2 Å². The Hall–Kier alpha value is -3.59. The molecule has 0 saturated heterocycles. The number of rotatable bonds is 14. The highest BCUT2D eigenvalue weighted by atomic mass is 32.2. The van der Waals surface area contributed by atoms with E-state index in [9.17, 15) is 19.5 Å². The number of ketones is 1. The lowest BCUT2D eigenvalue weighted by atomic mass is 9.62. The van der Waals surface area contributed by atoms with Gasteiger partial charge in [-0.15, -0.1) is 0 Å². The minimum Gasteiger partial charge on any atom is -0.465 e. The lowest BCUT2D eigenvalue weighted by molar-refractivity contribution is -0.143. The van der Waals surface area contributed by atoms with Gasteiger partial charge in [0.25, 0.3) is 5.91 Å². The van der Waals surface area contributed by atoms with Crippen LogP contribution in [0.2, 0.25) is 0 Å². The fourth-order valence-corrected chi connectivity index (χ4v) is 6.79. The van der Waals surface area contributed by atoms with Crippen molar-refractivity contribution in [2.45, 2.75) is 75.5 Å². The molecular formula is C31H38N4O4S. The highest BCUT2D eigenvalue weighted by molar-refractivity contribution is 7.99. The number of carbonyl (C=O) groups excluding carboxylic acids is 2. The largest absolute Gasteiger partial charge is 0.465 e. The highest BCUT2D eigenvalue weighted by Crippen LogP contribution is 2.51. The van der Waals surface area contributed by atoms with Gasteiger partial charge in [-0.1, -0.05) is 86.5 Å². The molecule has 1 heterocycles. The van der Waals surface area contributed by atoms with Crippen LogP contribution in [0.1, 0.15) is 70.4 Å². The van der Waals surface area contributed by atoms with Gasteiger partial charge in [0.15, 0.2) is 5.16 Å². The quantitative estimate of drug-likeness (QED) is 0.160. The van der Waals surface area contributed by atoms with Gasteiger partial charge in [-0.3, -0.25) is 14.2 Å². The number of unbranched alkanes of at least 4 members (excludes halogenated alkanes) is 1. The predicted molar refractivity (Wildman–Crippen MR) is 157 cm³/mol. The van der Waals surface area contributed by atoms with Crippen LogP contribution in [0.15, 0.2) is 78.2 Å². The van der Waals surface area contributed by atoms with Gasteiger partial charge in [-0.05, 0) is 55.7 Å². The van der Waals surface area contributed by atoms with Crippen molar-refractivity contribution in [1.82, 2.24) is 20.2 Å². The first kappa shape index (κ1) is 29.4. The third-order valence-corrected chi connectivity index (χ3v) is 9.15. The molecule has 1 aliphatic rings. The van der Waals surface area contributed by atoms with Gasteiger partial charge in [-0.2, -0.15) is 0 Å². The molecule has 1 aliphatic carbocycles. The number of thioether (sulfide) groups is 1. The summed E-state index contributed by atoms with van der Waals surface area (Å²) >= 11 is 1.61. The van der Waals surface area contributed by atoms with Crippen LogP contribution in [0.5, 0.6) is 0 Å². The number of amides is 2. The Morgan fingerprint density at radius 3 is 2.38 bits per heavy atom. The van der Waals surface area contributed by atoms with E-state index in [1.54, 1.807) is 18.0 Å². The summed E-state index contributed by atoms with van der Waals surface area (Å²) in [5, 5.41) is 16.1. The third-order valence-electron chi connectivity index (χ3n) is 7.83. The first-order chi connectivity index (χ1) is 19.3. The molecule has 9 heteroatoms. The number of benzene rings is 2. The molecule has 0 aliphatic heterocycles. The normalized spacial score (nSPS) is 16.2. The molecule has 2 aromatic carbocycles. The first-order valence-electron chi connectivity index (χ1n) is 13.9. The second kappa shape index (κ2) is 13.2. The summed E-state index contributed by atoms with van der Waals surface area (Å²) in [6, 6.07) is 19.0. The zero-order chi connectivity index (χ0) is 28.6. The van der Waals surface area contributed by atoms with Crippen LogP contribution in [0.3, 0.4) is 0 Å². The highest BCUT2D eigenvalue weighted by Gasteiger charge is 2.51. The monoisotopic (exact) mass is 562 g/mol. The summed E-state index contributed by atoms with van der Waals surface area (Å²) < 4.78 is 2.03. The Morgan fingerprint density at radius 2 is 1.77 bits per heavy atom. The Morgan fingerprint density at radius 1 is 1.10 bits per heavy atom. The Labute approximate surface area is 240 Å². The smallest absolute Gasteiger partial charge is 0.405 e. The summed E-state index contributed by atoms with van der Waals surface area (Å²) in [6.07, 6.45) is 7.04. The summed E-state index contributed by atoms with van der Waals surface area (Å²) in [6.45, 7) is 3.81. The fourth-order valence-electron chi connectivity index (χ4n) is 5.52. The van der Waals surface area contributed by atoms with Crippen LogP contribution in [0.25, 0.3) is 5.69 Å². The summed E-state index contributed by atoms with van der Waals surface area (Å²) in [4.78, 5) is 43.9. The number of nitrogens with one attached hydrogen (secondary N) is 2. The molecule has 40 heavy (non-hydrogen) atoms. The molecule has 0 radical (unpaired) electrons. The van der Waals surface area contributed by atoms with Gasteiger partial charge in [-0.25, -0.2) is 9.78 Å². The maximum absolute atomic E-state index is 13.9. The van der Waals surface area contributed by atoms with E-state index in [0.717, 1.165) is 42.1 Å². The number of para-hydroxylation sites is 1. The zero-order valence-electron chi connectivity index (χ0n) is 23.1. The number of nitrogens with zero attached hydrogens (tertiary/aromatic N) is 2. The van der Waals surface area contributed by atoms with Gasteiger partial charge in [0, 0.05) is 23.8 Å². The lowest BCUT2D eigenvalue weighted by Crippen LogP contribution is -2.61. The number of hydrogen-bond donors (Lipinski definition) is 3. The minimum absolute atomic E-state index is 0.271. The zero-order valence-corrected chi connectivity index (χ0v) is 24.0. The molecule has 4 rings (SSSR count). The van der Waals surface area contributed by atoms with Crippen molar-refractivity contribution in [2.24, 2.45) is 5.41 Å². The van der Waals surface area contributed by atoms with Crippen molar-refractivity contribution in [3.05, 3.63) is 78.6 Å². The van der Waals surface area contributed by atoms with E-state index in [2.05, 4.69) is 15.6 Å². The van der Waals surface area contributed by atoms with Crippen LogP contribution in [0, 0.1) is 5.41 Å². The van der Waals surface area contributed by atoms with Crippen LogP contribution in [-0.4, -0.2) is 43.7 Å². The minimum atomic E-state index is -1.50. The van der Waals surface area contributed by atoms with E-state index < -0.39 is 29.4 Å². The molecule has 2 amide bonds. The molecule has 3 N–H and O–H groups in total. The molecule has 1 aromatic heterocycles. The Bertz CT molecular complexity index is 1290. The number of carbonyl (C=O) groups is 3. The van der Waals surface area contributed by atoms with Gasteiger partial charge >= 0.3 is 6.09 Å². The summed E-state index contributed by atoms with van der Waals surface area (Å²) in [5.41, 5.74) is 0.0807. The molecule has 2 atom stereocenters. The van der Waals surface area contributed by atoms with E-state index in [1.807, 2.05) is 85.3 Å². The molecular weight excluding hydrogens is 524 g/mol. The number of imidazole rings is 1. The SMILES string of the molecule is CCCCC(CC1(CSc2nccn2-c2ccccc2)CCC1)(NC(=O)O)C(=O)C(=O)N[C@H](C)c1ccccc1. The molecule has 0 spiro atoms. The van der Waals surface area contributed by atoms with Gasteiger partial charge in [0.1, 0.15) is 5.54 Å². The van der Waals surface area contributed by atoms with Crippen LogP contribution in [0.4, 0.5) is 4.79 Å². The summed E-state index contributed by atoms with van der Waals surface area (Å²) in [5.74, 6) is -0.808. The maximum atomic E-state index is 13.9. The average Bonchev–Trinajstić information content (AvgIpc) is 3.42. The van der Waals surface area contributed by atoms with Gasteiger partial charge < -0.3 is 15.7 Å². The van der Waals surface area contributed by atoms with Crippen molar-refractivity contribution in [2.75, 3.05) is 5.75 Å². The van der Waals surface area contributed by atoms with Crippen molar-refractivity contribution in [3.8, 4) is 5.69 Å². The van der Waals surface area contributed by atoms with Gasteiger partial charge in [0.05, 0.1) is 6.04 Å². The van der Waals surface area contributed by atoms with Crippen molar-refractivity contribution in [1.29, 1.82) is 0 Å². The van der Waals surface area contributed by atoms with Crippen LogP contribution in [-0.2, 0) is 9.59 Å². The lowest BCUT2D eigenvalue weighted by Gasteiger charge is -2.47. The number of carboxylic acid groups (broad SMARTS) is 1. The number of aromatic nitrogens is 2. The topological polar surface area (TPSA) is 113 Å². The van der Waals surface area contributed by atoms with Crippen LogP contribution >= 0.6 is 11.8 Å². The Balaban J connectivity index is 1.56. The number of hydrogen-bond acceptors (Lipinski definition) is 5. The Kier molecular flexibility index (Phi) is 9.68. The number of Topliss-reactive ketones (excluding diaryl/α,β-unsaturated/α-hetero) is 1. The molecule has 1 unspecified atom stereocenters. The second-order valence-electron chi connectivity index (χ2n) is 10.8. The van der Waals surface area contributed by atoms with E-state index in [1.165, 1.54) is 0 Å². The van der Waals surface area contributed by atoms with Crippen LogP contribution < -0.4 is 10.6 Å². The molecule has 1 fully saturated rings. The van der Waals surface area contributed by atoms with E-state index in [4.69, 9.17) is 0 Å². The third kappa shape index (κ3) is 6.94. The van der Waals surface area contributed by atoms with Crippen molar-refractivity contribution >= 4 is 29.5 Å².